The van der Waals surface area contributed by atoms with Gasteiger partial charge in [-0.05, 0) is 19.4 Å². The van der Waals surface area contributed by atoms with Crippen LogP contribution in [-0.2, 0) is 0 Å². The van der Waals surface area contributed by atoms with Crippen molar-refractivity contribution in [3.8, 4) is 6.07 Å². The highest BCUT2D eigenvalue weighted by atomic mass is 16.3. The van der Waals surface area contributed by atoms with Crippen LogP contribution in [0.2, 0.25) is 0 Å². The van der Waals surface area contributed by atoms with Gasteiger partial charge in [-0.25, -0.2) is 4.98 Å². The fraction of sp³-hybridized carbons (Fsp3) is 0.500. The molecule has 1 fully saturated rings. The van der Waals surface area contributed by atoms with E-state index < -0.39 is 0 Å². The summed E-state index contributed by atoms with van der Waals surface area (Å²) < 4.78 is 0. The first-order valence-electron chi connectivity index (χ1n) is 5.71. The Kier molecular flexibility index (Phi) is 3.16. The summed E-state index contributed by atoms with van der Waals surface area (Å²) in [5, 5.41) is 18.5. The maximum Gasteiger partial charge on any atom is 0.153 e. The van der Waals surface area contributed by atoms with Gasteiger partial charge < -0.3 is 15.7 Å². The zero-order chi connectivity index (χ0) is 12.4. The van der Waals surface area contributed by atoms with Crippen molar-refractivity contribution in [3.05, 3.63) is 17.8 Å². The molecule has 2 atom stereocenters. The number of aliphatic hydroxyl groups excluding tert-OH is 1. The summed E-state index contributed by atoms with van der Waals surface area (Å²) in [5.74, 6) is 0.911. The Morgan fingerprint density at radius 3 is 3.06 bits per heavy atom. The van der Waals surface area contributed by atoms with Gasteiger partial charge in [0.15, 0.2) is 5.82 Å². The first-order chi connectivity index (χ1) is 8.13. The average Bonchev–Trinajstić information content (AvgIpc) is 2.78. The fourth-order valence-corrected chi connectivity index (χ4v) is 2.19. The van der Waals surface area contributed by atoms with Crippen LogP contribution in [0.5, 0.6) is 0 Å². The topological polar surface area (TPSA) is 86.2 Å². The molecule has 0 aliphatic carbocycles. The molecule has 5 nitrogen and oxygen atoms in total. The largest absolute Gasteiger partial charge is 0.395 e. The summed E-state index contributed by atoms with van der Waals surface area (Å²) in [6, 6.07) is 3.66. The van der Waals surface area contributed by atoms with Gasteiger partial charge >= 0.3 is 0 Å². The van der Waals surface area contributed by atoms with E-state index in [0.717, 1.165) is 19.5 Å². The minimum absolute atomic E-state index is 0.252. The normalized spacial score (nSPS) is 21.2. The van der Waals surface area contributed by atoms with Gasteiger partial charge in [-0.1, -0.05) is 0 Å². The molecule has 1 aliphatic rings. The lowest BCUT2D eigenvalue weighted by Crippen LogP contribution is -2.25. The molecule has 5 heteroatoms. The van der Waals surface area contributed by atoms with Crippen LogP contribution in [0.25, 0.3) is 0 Å². The highest BCUT2D eigenvalue weighted by molar-refractivity contribution is 5.70. The van der Waals surface area contributed by atoms with E-state index in [0.29, 0.717) is 17.1 Å². The fourth-order valence-electron chi connectivity index (χ4n) is 2.19. The van der Waals surface area contributed by atoms with Crippen molar-refractivity contribution in [1.82, 2.24) is 4.98 Å². The lowest BCUT2D eigenvalue weighted by atomic mass is 10.0. The molecule has 17 heavy (non-hydrogen) atoms. The first-order valence-corrected chi connectivity index (χ1v) is 5.71. The molecule has 1 aromatic rings. The summed E-state index contributed by atoms with van der Waals surface area (Å²) in [6.07, 6.45) is 2.20. The molecular formula is C12H16N4O. The minimum Gasteiger partial charge on any atom is -0.395 e. The number of nitriles is 1. The van der Waals surface area contributed by atoms with E-state index in [-0.39, 0.29) is 12.0 Å². The van der Waals surface area contributed by atoms with Crippen LogP contribution in [0, 0.1) is 17.2 Å². The van der Waals surface area contributed by atoms with Crippen molar-refractivity contribution < 1.29 is 5.11 Å². The summed E-state index contributed by atoms with van der Waals surface area (Å²) in [6.45, 7) is 3.36. The predicted molar refractivity (Wildman–Crippen MR) is 65.4 cm³/mol. The van der Waals surface area contributed by atoms with Crippen LogP contribution in [0.4, 0.5) is 11.5 Å². The Morgan fingerprint density at radius 1 is 1.71 bits per heavy atom. The molecule has 0 saturated carbocycles. The van der Waals surface area contributed by atoms with Crippen LogP contribution in [-0.4, -0.2) is 29.3 Å². The van der Waals surface area contributed by atoms with Crippen molar-refractivity contribution in [2.75, 3.05) is 23.7 Å². The number of pyridine rings is 1. The molecule has 0 radical (unpaired) electrons. The third kappa shape index (κ3) is 2.17. The van der Waals surface area contributed by atoms with Crippen LogP contribution >= 0.6 is 0 Å². The number of aliphatic hydroxyl groups is 1. The molecule has 90 valence electrons. The molecule has 0 aromatic carbocycles. The number of nitrogens with two attached hydrogens (primary N) is 1. The van der Waals surface area contributed by atoms with Gasteiger partial charge in [-0.2, -0.15) is 5.26 Å². The van der Waals surface area contributed by atoms with Gasteiger partial charge in [-0.3, -0.25) is 0 Å². The number of hydrogen-bond donors (Lipinski definition) is 2. The number of aromatic nitrogens is 1. The predicted octanol–water partition coefficient (Wildman–Crippen LogP) is 0.743. The monoisotopic (exact) mass is 232 g/mol. The van der Waals surface area contributed by atoms with E-state index in [1.54, 1.807) is 19.2 Å². The van der Waals surface area contributed by atoms with E-state index in [1.807, 2.05) is 4.90 Å². The Labute approximate surface area is 100 Å². The molecule has 0 bridgehead atoms. The maximum absolute atomic E-state index is 9.56. The van der Waals surface area contributed by atoms with Gasteiger partial charge in [0, 0.05) is 25.2 Å². The highest BCUT2D eigenvalue weighted by Crippen LogP contribution is 2.29. The molecule has 2 heterocycles. The number of nitrogens with zero attached hydrogens (tertiary/aromatic N) is 3. The van der Waals surface area contributed by atoms with Crippen molar-refractivity contribution >= 4 is 11.5 Å². The van der Waals surface area contributed by atoms with Crippen molar-refractivity contribution in [1.29, 1.82) is 5.26 Å². The quantitative estimate of drug-likeness (QED) is 0.785. The Hall–Kier alpha value is -1.80. The Morgan fingerprint density at radius 2 is 2.47 bits per heavy atom. The van der Waals surface area contributed by atoms with E-state index >= 15 is 0 Å². The standard InChI is InChI=1S/C12H16N4O/c1-8(17)10-3-5-16(7-10)12-11(14)9(6-13)2-4-15-12/h2,4,8,10,17H,3,5,7,14H2,1H3. The van der Waals surface area contributed by atoms with Crippen molar-refractivity contribution in [3.63, 3.8) is 0 Å². The zero-order valence-electron chi connectivity index (χ0n) is 9.80. The molecule has 1 saturated heterocycles. The van der Waals surface area contributed by atoms with E-state index in [4.69, 9.17) is 11.0 Å². The molecular weight excluding hydrogens is 216 g/mol. The summed E-state index contributed by atoms with van der Waals surface area (Å²) in [5.41, 5.74) is 6.79. The second kappa shape index (κ2) is 4.60. The molecule has 0 spiro atoms. The molecule has 2 unspecified atom stereocenters. The summed E-state index contributed by atoms with van der Waals surface area (Å²) in [4.78, 5) is 6.27. The van der Waals surface area contributed by atoms with Gasteiger partial charge in [0.25, 0.3) is 0 Å². The number of hydrogen-bond acceptors (Lipinski definition) is 5. The highest BCUT2D eigenvalue weighted by Gasteiger charge is 2.28. The average molecular weight is 232 g/mol. The lowest BCUT2D eigenvalue weighted by Gasteiger charge is -2.20. The third-order valence-electron chi connectivity index (χ3n) is 3.30. The Balaban J connectivity index is 2.23. The van der Waals surface area contributed by atoms with Crippen LogP contribution < -0.4 is 10.6 Å². The smallest absolute Gasteiger partial charge is 0.153 e. The number of nitrogen functional groups attached to an aromatic ring is 1. The molecule has 2 rings (SSSR count). The van der Waals surface area contributed by atoms with Crippen LogP contribution in [0.1, 0.15) is 18.9 Å². The second-order valence-electron chi connectivity index (χ2n) is 4.44. The van der Waals surface area contributed by atoms with E-state index in [2.05, 4.69) is 11.1 Å². The number of rotatable bonds is 2. The van der Waals surface area contributed by atoms with E-state index in [9.17, 15) is 5.11 Å². The third-order valence-corrected chi connectivity index (χ3v) is 3.30. The summed E-state index contributed by atoms with van der Waals surface area (Å²) in [7, 11) is 0. The minimum atomic E-state index is -0.319. The Bertz CT molecular complexity index is 452. The maximum atomic E-state index is 9.56. The van der Waals surface area contributed by atoms with Gasteiger partial charge in [0.2, 0.25) is 0 Å². The molecule has 1 aliphatic heterocycles. The summed E-state index contributed by atoms with van der Waals surface area (Å²) >= 11 is 0. The number of anilines is 2. The van der Waals surface area contributed by atoms with Crippen molar-refractivity contribution in [2.45, 2.75) is 19.4 Å². The van der Waals surface area contributed by atoms with Crippen LogP contribution in [0.15, 0.2) is 12.3 Å². The molecule has 0 amide bonds. The van der Waals surface area contributed by atoms with Crippen molar-refractivity contribution in [2.24, 2.45) is 5.92 Å². The zero-order valence-corrected chi connectivity index (χ0v) is 9.80. The van der Waals surface area contributed by atoms with Gasteiger partial charge in [0.1, 0.15) is 6.07 Å². The molecule has 3 N–H and O–H groups in total. The van der Waals surface area contributed by atoms with Gasteiger partial charge in [0.05, 0.1) is 17.4 Å². The first kappa shape index (κ1) is 11.7. The van der Waals surface area contributed by atoms with E-state index in [1.165, 1.54) is 0 Å². The van der Waals surface area contributed by atoms with Crippen LogP contribution in [0.3, 0.4) is 0 Å². The SMILES string of the molecule is CC(O)C1CCN(c2nccc(C#N)c2N)C1. The second-order valence-corrected chi connectivity index (χ2v) is 4.44. The van der Waals surface area contributed by atoms with Gasteiger partial charge in [-0.15, -0.1) is 0 Å². The lowest BCUT2D eigenvalue weighted by molar-refractivity contribution is 0.136. The molecule has 1 aromatic heterocycles.